The van der Waals surface area contributed by atoms with Crippen molar-refractivity contribution in [3.8, 4) is 0 Å². The van der Waals surface area contributed by atoms with Crippen LogP contribution in [0, 0.1) is 0 Å². The highest BCUT2D eigenvalue weighted by molar-refractivity contribution is 7.89. The smallest absolute Gasteiger partial charge is 0.338 e. The van der Waals surface area contributed by atoms with E-state index in [-0.39, 0.29) is 42.6 Å². The van der Waals surface area contributed by atoms with Crippen LogP contribution in [-0.2, 0) is 19.6 Å². The van der Waals surface area contributed by atoms with E-state index in [1.54, 1.807) is 18.5 Å². The number of rotatable bonds is 7. The molecule has 1 aliphatic rings. The number of esters is 1. The third kappa shape index (κ3) is 4.81. The molecule has 2 heterocycles. The highest BCUT2D eigenvalue weighted by Crippen LogP contribution is 2.18. The number of carbonyl (C=O) groups excluding carboxylic acids is 2. The van der Waals surface area contributed by atoms with Gasteiger partial charge in [0.25, 0.3) is 0 Å². The fraction of sp³-hybridized carbons (Fsp3) is 0.294. The van der Waals surface area contributed by atoms with Crippen LogP contribution in [0.15, 0.2) is 47.6 Å². The number of anilines is 1. The second kappa shape index (κ2) is 8.76. The van der Waals surface area contributed by atoms with Crippen molar-refractivity contribution in [3.63, 3.8) is 0 Å². The van der Waals surface area contributed by atoms with Crippen molar-refractivity contribution in [3.05, 3.63) is 48.3 Å². The van der Waals surface area contributed by atoms with Crippen LogP contribution in [0.25, 0.3) is 0 Å². The van der Waals surface area contributed by atoms with Crippen molar-refractivity contribution in [1.82, 2.24) is 19.6 Å². The molecule has 2 N–H and O–H groups in total. The van der Waals surface area contributed by atoms with E-state index < -0.39 is 16.0 Å². The lowest BCUT2D eigenvalue weighted by molar-refractivity contribution is -0.122. The Balaban J connectivity index is 1.60. The Hall–Kier alpha value is -3.05. The van der Waals surface area contributed by atoms with Crippen molar-refractivity contribution in [2.24, 2.45) is 0 Å². The van der Waals surface area contributed by atoms with Gasteiger partial charge in [-0.15, -0.1) is 0 Å². The molecule has 1 amide bonds. The largest absolute Gasteiger partial charge is 0.460 e. The summed E-state index contributed by atoms with van der Waals surface area (Å²) >= 11 is 0. The molecule has 3 rings (SSSR count). The monoisotopic (exact) mass is 405 g/mol. The van der Waals surface area contributed by atoms with Gasteiger partial charge in [0.1, 0.15) is 6.61 Å². The molecule has 2 aromatic rings. The molecule has 1 aliphatic heterocycles. The molecule has 10 nitrogen and oxygen atoms in total. The van der Waals surface area contributed by atoms with Crippen molar-refractivity contribution in [2.45, 2.75) is 4.90 Å². The summed E-state index contributed by atoms with van der Waals surface area (Å²) in [6, 6.07) is 7.24. The predicted octanol–water partition coefficient (Wildman–Crippen LogP) is -0.134. The molecule has 0 saturated carbocycles. The minimum Gasteiger partial charge on any atom is -0.460 e. The quantitative estimate of drug-likeness (QED) is 0.481. The third-order valence-electron chi connectivity index (χ3n) is 3.89. The number of aromatic nitrogens is 2. The Kier molecular flexibility index (Phi) is 6.16. The summed E-state index contributed by atoms with van der Waals surface area (Å²) in [5.41, 5.74) is 0.110. The summed E-state index contributed by atoms with van der Waals surface area (Å²) in [7, 11) is -3.88. The first-order valence-electron chi connectivity index (χ1n) is 8.52. The van der Waals surface area contributed by atoms with Gasteiger partial charge in [0.15, 0.2) is 0 Å². The maximum absolute atomic E-state index is 12.7. The van der Waals surface area contributed by atoms with Crippen molar-refractivity contribution in [2.75, 3.05) is 38.1 Å². The summed E-state index contributed by atoms with van der Waals surface area (Å²) < 4.78 is 31.6. The number of hydrogen-bond acceptors (Lipinski definition) is 8. The Labute approximate surface area is 162 Å². The van der Waals surface area contributed by atoms with E-state index in [0.717, 1.165) is 4.31 Å². The van der Waals surface area contributed by atoms with Crippen LogP contribution < -0.4 is 10.6 Å². The van der Waals surface area contributed by atoms with Crippen molar-refractivity contribution in [1.29, 1.82) is 0 Å². The van der Waals surface area contributed by atoms with Gasteiger partial charge in [-0.2, -0.15) is 4.31 Å². The molecule has 11 heteroatoms. The van der Waals surface area contributed by atoms with Gasteiger partial charge in [0.05, 0.1) is 23.5 Å². The summed E-state index contributed by atoms with van der Waals surface area (Å²) in [6.45, 7) is 0.537. The minimum absolute atomic E-state index is 0.0559. The lowest BCUT2D eigenvalue weighted by Crippen LogP contribution is -2.49. The molecule has 1 saturated heterocycles. The summed E-state index contributed by atoms with van der Waals surface area (Å²) in [4.78, 5) is 31.6. The number of ether oxygens (including phenoxy) is 1. The molecule has 0 unspecified atom stereocenters. The van der Waals surface area contributed by atoms with E-state index in [1.165, 1.54) is 24.3 Å². The van der Waals surface area contributed by atoms with Crippen LogP contribution >= 0.6 is 0 Å². The van der Waals surface area contributed by atoms with Gasteiger partial charge in [-0.1, -0.05) is 6.07 Å². The van der Waals surface area contributed by atoms with Crippen LogP contribution in [0.4, 0.5) is 5.95 Å². The van der Waals surface area contributed by atoms with Crippen LogP contribution in [0.2, 0.25) is 0 Å². The predicted molar refractivity (Wildman–Crippen MR) is 99.0 cm³/mol. The van der Waals surface area contributed by atoms with Gasteiger partial charge in [-0.05, 0) is 24.3 Å². The first-order valence-corrected chi connectivity index (χ1v) is 9.96. The first kappa shape index (κ1) is 19.7. The Bertz CT molecular complexity index is 951. The number of amides is 1. The SMILES string of the molecule is O=C1CN(S(=O)(=O)c2cccc(C(=O)OCCNc3ncccn3)c2)CCN1. The van der Waals surface area contributed by atoms with E-state index in [0.29, 0.717) is 12.5 Å². The number of hydrogen-bond donors (Lipinski definition) is 2. The summed E-state index contributed by atoms with van der Waals surface area (Å²) in [5.74, 6) is -0.596. The lowest BCUT2D eigenvalue weighted by atomic mass is 10.2. The molecular formula is C17H19N5O5S. The molecule has 0 atom stereocenters. The molecule has 1 aromatic carbocycles. The fourth-order valence-corrected chi connectivity index (χ4v) is 3.98. The average Bonchev–Trinajstić information content (AvgIpc) is 2.72. The Morgan fingerprint density at radius 1 is 1.25 bits per heavy atom. The van der Waals surface area contributed by atoms with E-state index >= 15 is 0 Å². The Morgan fingerprint density at radius 3 is 2.79 bits per heavy atom. The van der Waals surface area contributed by atoms with Gasteiger partial charge in [0.2, 0.25) is 21.9 Å². The average molecular weight is 405 g/mol. The van der Waals surface area contributed by atoms with Gasteiger partial charge in [0, 0.05) is 25.5 Å². The molecule has 1 fully saturated rings. The number of nitrogens with zero attached hydrogens (tertiary/aromatic N) is 3. The zero-order valence-corrected chi connectivity index (χ0v) is 15.7. The maximum atomic E-state index is 12.7. The minimum atomic E-state index is -3.88. The molecule has 28 heavy (non-hydrogen) atoms. The number of carbonyl (C=O) groups is 2. The zero-order chi connectivity index (χ0) is 20.0. The molecule has 0 bridgehead atoms. The maximum Gasteiger partial charge on any atom is 0.338 e. The molecular weight excluding hydrogens is 386 g/mol. The molecule has 0 spiro atoms. The third-order valence-corrected chi connectivity index (χ3v) is 5.74. The van der Waals surface area contributed by atoms with E-state index in [4.69, 9.17) is 4.74 Å². The first-order chi connectivity index (χ1) is 13.5. The van der Waals surface area contributed by atoms with Crippen LogP contribution in [0.5, 0.6) is 0 Å². The topological polar surface area (TPSA) is 131 Å². The van der Waals surface area contributed by atoms with Crippen LogP contribution in [0.1, 0.15) is 10.4 Å². The number of benzene rings is 1. The highest BCUT2D eigenvalue weighted by atomic mass is 32.2. The normalized spacial score (nSPS) is 14.9. The second-order valence-electron chi connectivity index (χ2n) is 5.85. The number of piperazine rings is 1. The Morgan fingerprint density at radius 2 is 2.04 bits per heavy atom. The van der Waals surface area contributed by atoms with E-state index in [9.17, 15) is 18.0 Å². The van der Waals surface area contributed by atoms with Crippen molar-refractivity contribution >= 4 is 27.8 Å². The summed E-state index contributed by atoms with van der Waals surface area (Å²) in [6.07, 6.45) is 3.17. The van der Waals surface area contributed by atoms with Crippen LogP contribution in [-0.4, -0.2) is 67.4 Å². The van der Waals surface area contributed by atoms with E-state index in [2.05, 4.69) is 20.6 Å². The fourth-order valence-electron chi connectivity index (χ4n) is 2.53. The number of sulfonamides is 1. The number of nitrogens with one attached hydrogen (secondary N) is 2. The molecule has 148 valence electrons. The standard InChI is InChI=1S/C17H19N5O5S/c23-15-12-22(9-7-18-15)28(25,26)14-4-1-3-13(11-14)16(24)27-10-8-21-17-19-5-2-6-20-17/h1-6,11H,7-10,12H2,(H,18,23)(H,19,20,21). The van der Waals surface area contributed by atoms with Gasteiger partial charge in [-0.25, -0.2) is 23.2 Å². The summed E-state index contributed by atoms with van der Waals surface area (Å²) in [5, 5.41) is 5.47. The van der Waals surface area contributed by atoms with Gasteiger partial charge >= 0.3 is 5.97 Å². The second-order valence-corrected chi connectivity index (χ2v) is 7.79. The molecule has 0 aliphatic carbocycles. The molecule has 1 aromatic heterocycles. The van der Waals surface area contributed by atoms with Crippen LogP contribution in [0.3, 0.4) is 0 Å². The van der Waals surface area contributed by atoms with Crippen molar-refractivity contribution < 1.29 is 22.7 Å². The lowest BCUT2D eigenvalue weighted by Gasteiger charge is -2.26. The van der Waals surface area contributed by atoms with Gasteiger partial charge < -0.3 is 15.4 Å². The van der Waals surface area contributed by atoms with Gasteiger partial charge in [-0.3, -0.25) is 4.79 Å². The zero-order valence-electron chi connectivity index (χ0n) is 14.9. The molecule has 0 radical (unpaired) electrons. The van der Waals surface area contributed by atoms with E-state index in [1.807, 2.05) is 0 Å². The highest BCUT2D eigenvalue weighted by Gasteiger charge is 2.29.